The second-order valence-electron chi connectivity index (χ2n) is 8.55. The fraction of sp³-hybridized carbons (Fsp3) is 0.167. The van der Waals surface area contributed by atoms with Crippen LogP contribution in [0.15, 0.2) is 97.1 Å². The van der Waals surface area contributed by atoms with Gasteiger partial charge in [0.15, 0.2) is 0 Å². The largest absolute Gasteiger partial charge is 0.488 e. The lowest BCUT2D eigenvalue weighted by molar-refractivity contribution is 0.102. The summed E-state index contributed by atoms with van der Waals surface area (Å²) in [7, 11) is 0. The lowest BCUT2D eigenvalue weighted by atomic mass is 9.98. The maximum atomic E-state index is 13.7. The zero-order valence-electron chi connectivity index (χ0n) is 19.8. The fourth-order valence-corrected chi connectivity index (χ4v) is 3.69. The number of halogens is 1. The average Bonchev–Trinajstić information content (AvgIpc) is 2.87. The minimum Gasteiger partial charge on any atom is -0.488 e. The zero-order valence-corrected chi connectivity index (χ0v) is 19.8. The first-order valence-electron chi connectivity index (χ1n) is 11.6. The van der Waals surface area contributed by atoms with E-state index in [0.29, 0.717) is 36.0 Å². The smallest absolute Gasteiger partial charge is 0.259 e. The highest BCUT2D eigenvalue weighted by Gasteiger charge is 2.20. The van der Waals surface area contributed by atoms with Gasteiger partial charge in [-0.05, 0) is 46.9 Å². The molecule has 0 fully saturated rings. The number of amides is 1. The predicted octanol–water partition coefficient (Wildman–Crippen LogP) is 7.36. The molecule has 0 aliphatic carbocycles. The zero-order chi connectivity index (χ0) is 24.6. The van der Waals surface area contributed by atoms with Gasteiger partial charge in [0.25, 0.3) is 5.91 Å². The van der Waals surface area contributed by atoms with Gasteiger partial charge >= 0.3 is 0 Å². The molecule has 4 rings (SSSR count). The van der Waals surface area contributed by atoms with Crippen LogP contribution in [-0.2, 0) is 13.2 Å². The predicted molar refractivity (Wildman–Crippen MR) is 136 cm³/mol. The summed E-state index contributed by atoms with van der Waals surface area (Å²) < 4.78 is 26.0. The van der Waals surface area contributed by atoms with Crippen LogP contribution in [0.1, 0.15) is 46.8 Å². The number of benzene rings is 4. The van der Waals surface area contributed by atoms with Gasteiger partial charge in [-0.25, -0.2) is 4.39 Å². The molecule has 4 aromatic carbocycles. The van der Waals surface area contributed by atoms with Crippen LogP contribution in [-0.4, -0.2) is 5.91 Å². The Kier molecular flexibility index (Phi) is 7.78. The van der Waals surface area contributed by atoms with Crippen LogP contribution in [0.2, 0.25) is 0 Å². The van der Waals surface area contributed by atoms with Gasteiger partial charge in [0.05, 0.1) is 5.56 Å². The molecule has 0 aliphatic heterocycles. The van der Waals surface area contributed by atoms with Crippen molar-refractivity contribution in [3.8, 4) is 11.5 Å². The van der Waals surface area contributed by atoms with Crippen molar-refractivity contribution in [3.05, 3.63) is 125 Å². The molecule has 0 radical (unpaired) electrons. The van der Waals surface area contributed by atoms with E-state index in [0.717, 1.165) is 16.7 Å². The first kappa shape index (κ1) is 24.0. The van der Waals surface area contributed by atoms with Crippen LogP contribution in [0.25, 0.3) is 0 Å². The molecule has 0 saturated carbocycles. The number of nitrogens with one attached hydrogen (secondary N) is 1. The van der Waals surface area contributed by atoms with Gasteiger partial charge in [-0.15, -0.1) is 0 Å². The molecule has 0 aliphatic rings. The second kappa shape index (κ2) is 11.3. The molecule has 35 heavy (non-hydrogen) atoms. The van der Waals surface area contributed by atoms with Crippen molar-refractivity contribution in [3.63, 3.8) is 0 Å². The van der Waals surface area contributed by atoms with Crippen LogP contribution in [0, 0.1) is 5.82 Å². The standard InChI is InChI=1S/C30H28FNO3/c1-21(2)26-17-27(30(33)32-25-15-9-14-24(31)16-25)29(35-20-23-12-7-4-8-13-23)18-28(26)34-19-22-10-5-3-6-11-22/h3-18,21H,19-20H2,1-2H3,(H,32,33). The van der Waals surface area contributed by atoms with Gasteiger partial charge in [-0.3, -0.25) is 4.79 Å². The first-order chi connectivity index (χ1) is 17.0. The second-order valence-corrected chi connectivity index (χ2v) is 8.55. The monoisotopic (exact) mass is 469 g/mol. The molecule has 178 valence electrons. The Balaban J connectivity index is 1.67. The van der Waals surface area contributed by atoms with Crippen molar-refractivity contribution in [2.75, 3.05) is 5.32 Å². The quantitative estimate of drug-likeness (QED) is 0.279. The van der Waals surface area contributed by atoms with E-state index in [1.807, 2.05) is 74.5 Å². The highest BCUT2D eigenvalue weighted by Crippen LogP contribution is 2.35. The molecule has 0 heterocycles. The van der Waals surface area contributed by atoms with Crippen molar-refractivity contribution in [2.24, 2.45) is 0 Å². The molecule has 0 aromatic heterocycles. The normalized spacial score (nSPS) is 10.7. The summed E-state index contributed by atoms with van der Waals surface area (Å²) in [5, 5.41) is 2.78. The lowest BCUT2D eigenvalue weighted by Crippen LogP contribution is -2.15. The van der Waals surface area contributed by atoms with Gasteiger partial charge in [-0.1, -0.05) is 80.6 Å². The van der Waals surface area contributed by atoms with Crippen molar-refractivity contribution in [1.29, 1.82) is 0 Å². The topological polar surface area (TPSA) is 47.6 Å². The minimum atomic E-state index is -0.420. The van der Waals surface area contributed by atoms with Crippen LogP contribution in [0.5, 0.6) is 11.5 Å². The first-order valence-corrected chi connectivity index (χ1v) is 11.6. The Morgan fingerprint density at radius 3 is 1.94 bits per heavy atom. The average molecular weight is 470 g/mol. The van der Waals surface area contributed by atoms with Gasteiger partial charge in [-0.2, -0.15) is 0 Å². The molecule has 4 aromatic rings. The molecule has 0 spiro atoms. The third-order valence-corrected chi connectivity index (χ3v) is 5.54. The van der Waals surface area contributed by atoms with Crippen LogP contribution in [0.3, 0.4) is 0 Å². The van der Waals surface area contributed by atoms with Crippen molar-refractivity contribution >= 4 is 11.6 Å². The number of hydrogen-bond donors (Lipinski definition) is 1. The van der Waals surface area contributed by atoms with Gasteiger partial charge < -0.3 is 14.8 Å². The van der Waals surface area contributed by atoms with Gasteiger partial charge in [0, 0.05) is 11.8 Å². The van der Waals surface area contributed by atoms with Crippen molar-refractivity contribution < 1.29 is 18.7 Å². The van der Waals surface area contributed by atoms with Crippen molar-refractivity contribution in [1.82, 2.24) is 0 Å². The Labute approximate surface area is 205 Å². The van der Waals surface area contributed by atoms with E-state index < -0.39 is 5.82 Å². The minimum absolute atomic E-state index is 0.102. The van der Waals surface area contributed by atoms with Crippen LogP contribution >= 0.6 is 0 Å². The number of carbonyl (C=O) groups is 1. The van der Waals surface area contributed by atoms with E-state index >= 15 is 0 Å². The van der Waals surface area contributed by atoms with Crippen LogP contribution in [0.4, 0.5) is 10.1 Å². The summed E-state index contributed by atoms with van der Waals surface area (Å²) in [5.74, 6) is 0.361. The summed E-state index contributed by atoms with van der Waals surface area (Å²) in [5.41, 5.74) is 3.64. The van der Waals surface area contributed by atoms with Crippen molar-refractivity contribution in [2.45, 2.75) is 33.0 Å². The number of rotatable bonds is 9. The fourth-order valence-electron chi connectivity index (χ4n) is 3.69. The van der Waals surface area contributed by atoms with Gasteiger partial charge in [0.1, 0.15) is 30.5 Å². The molecular formula is C30H28FNO3. The maximum absolute atomic E-state index is 13.7. The molecule has 4 nitrogen and oxygen atoms in total. The Hall–Kier alpha value is -4.12. The molecule has 0 bridgehead atoms. The third kappa shape index (κ3) is 6.48. The molecule has 1 amide bonds. The molecular weight excluding hydrogens is 441 g/mol. The number of anilines is 1. The van der Waals surface area contributed by atoms with Gasteiger partial charge in [0.2, 0.25) is 0 Å². The van der Waals surface area contributed by atoms with E-state index in [1.54, 1.807) is 24.3 Å². The number of ether oxygens (including phenoxy) is 2. The molecule has 1 N–H and O–H groups in total. The van der Waals surface area contributed by atoms with Crippen LogP contribution < -0.4 is 14.8 Å². The number of carbonyl (C=O) groups excluding carboxylic acids is 1. The Morgan fingerprint density at radius 2 is 1.37 bits per heavy atom. The van der Waals surface area contributed by atoms with E-state index in [2.05, 4.69) is 5.32 Å². The van der Waals surface area contributed by atoms with E-state index in [-0.39, 0.29) is 11.8 Å². The lowest BCUT2D eigenvalue weighted by Gasteiger charge is -2.19. The maximum Gasteiger partial charge on any atom is 0.259 e. The Morgan fingerprint density at radius 1 is 0.771 bits per heavy atom. The molecule has 0 atom stereocenters. The third-order valence-electron chi connectivity index (χ3n) is 5.54. The van der Waals surface area contributed by atoms with E-state index in [9.17, 15) is 9.18 Å². The molecule has 5 heteroatoms. The summed E-state index contributed by atoms with van der Waals surface area (Å²) in [6, 6.07) is 29.0. The summed E-state index contributed by atoms with van der Waals surface area (Å²) in [4.78, 5) is 13.3. The van der Waals surface area contributed by atoms with E-state index in [1.165, 1.54) is 12.1 Å². The molecule has 0 unspecified atom stereocenters. The molecule has 0 saturated heterocycles. The summed E-state index contributed by atoms with van der Waals surface area (Å²) in [6.07, 6.45) is 0. The Bertz CT molecular complexity index is 1270. The summed E-state index contributed by atoms with van der Waals surface area (Å²) in [6.45, 7) is 4.78. The number of hydrogen-bond acceptors (Lipinski definition) is 3. The SMILES string of the molecule is CC(C)c1cc(C(=O)Nc2cccc(F)c2)c(OCc2ccccc2)cc1OCc1ccccc1. The highest BCUT2D eigenvalue weighted by atomic mass is 19.1. The van der Waals surface area contributed by atoms with E-state index in [4.69, 9.17) is 9.47 Å². The highest BCUT2D eigenvalue weighted by molar-refractivity contribution is 6.06. The summed E-state index contributed by atoms with van der Waals surface area (Å²) >= 11 is 0.